The Kier molecular flexibility index (Phi) is 8.82. The maximum atomic E-state index is 5.61. The molecule has 30 heavy (non-hydrogen) atoms. The van der Waals surface area contributed by atoms with Crippen LogP contribution in [0.1, 0.15) is 73.8 Å². The zero-order chi connectivity index (χ0) is 22.3. The molecule has 5 nitrogen and oxygen atoms in total. The second-order valence-corrected chi connectivity index (χ2v) is 7.54. The highest BCUT2D eigenvalue weighted by molar-refractivity contribution is 5.83. The summed E-state index contributed by atoms with van der Waals surface area (Å²) in [7, 11) is 0. The molecule has 2 aliphatic rings. The lowest BCUT2D eigenvalue weighted by Gasteiger charge is -2.33. The van der Waals surface area contributed by atoms with Crippen LogP contribution >= 0.6 is 0 Å². The van der Waals surface area contributed by atoms with E-state index in [4.69, 9.17) is 9.47 Å². The number of aromatic nitrogens is 1. The molecule has 0 spiro atoms. The van der Waals surface area contributed by atoms with E-state index in [2.05, 4.69) is 74.5 Å². The molecule has 1 aromatic heterocycles. The predicted octanol–water partition coefficient (Wildman–Crippen LogP) is 6.92. The summed E-state index contributed by atoms with van der Waals surface area (Å²) in [5.74, 6) is 2.66. The van der Waals surface area contributed by atoms with Crippen LogP contribution in [0, 0.1) is 0 Å². The largest absolute Gasteiger partial charge is 0.454 e. The van der Waals surface area contributed by atoms with Gasteiger partial charge in [0.1, 0.15) is 6.17 Å². The van der Waals surface area contributed by atoms with Crippen LogP contribution in [-0.4, -0.2) is 24.0 Å². The second kappa shape index (κ2) is 11.1. The first-order chi connectivity index (χ1) is 14.5. The Hall–Kier alpha value is -2.43. The highest BCUT2D eigenvalue weighted by Crippen LogP contribution is 2.47. The Balaban J connectivity index is 0.000000481. The Morgan fingerprint density at radius 2 is 1.67 bits per heavy atom. The van der Waals surface area contributed by atoms with Crippen LogP contribution in [0.3, 0.4) is 0 Å². The van der Waals surface area contributed by atoms with Gasteiger partial charge in [0.2, 0.25) is 6.79 Å². The van der Waals surface area contributed by atoms with Gasteiger partial charge in [-0.2, -0.15) is 0 Å². The molecule has 0 aliphatic carbocycles. The zero-order valence-corrected chi connectivity index (χ0v) is 20.0. The number of nitrogens with zero attached hydrogens (tertiary/aromatic N) is 3. The van der Waals surface area contributed by atoms with E-state index in [0.717, 1.165) is 29.4 Å². The number of unbranched alkanes of at least 4 members (excludes halogenated alkanes) is 1. The van der Waals surface area contributed by atoms with Crippen LogP contribution in [0.2, 0.25) is 0 Å². The number of benzene rings is 1. The third kappa shape index (κ3) is 4.66. The van der Waals surface area contributed by atoms with E-state index in [-0.39, 0.29) is 6.17 Å². The normalized spacial score (nSPS) is 16.0. The molecule has 1 unspecified atom stereocenters. The Bertz CT molecular complexity index is 805. The average molecular weight is 414 g/mol. The van der Waals surface area contributed by atoms with E-state index < -0.39 is 0 Å². The van der Waals surface area contributed by atoms with E-state index in [1.54, 1.807) is 0 Å². The van der Waals surface area contributed by atoms with Crippen molar-refractivity contribution in [3.63, 3.8) is 0 Å². The molecular weight excluding hydrogens is 374 g/mol. The van der Waals surface area contributed by atoms with Gasteiger partial charge in [-0.3, -0.25) is 0 Å². The van der Waals surface area contributed by atoms with Crippen molar-refractivity contribution < 1.29 is 9.47 Å². The molecule has 1 aromatic carbocycles. The summed E-state index contributed by atoms with van der Waals surface area (Å²) in [6, 6.07) is 8.75. The van der Waals surface area contributed by atoms with Gasteiger partial charge in [-0.05, 0) is 51.0 Å². The first-order valence-corrected chi connectivity index (χ1v) is 11.5. The number of aryl methyl sites for hydroxylation is 1. The maximum Gasteiger partial charge on any atom is 0.231 e. The van der Waals surface area contributed by atoms with Crippen molar-refractivity contribution in [3.8, 4) is 11.5 Å². The maximum absolute atomic E-state index is 5.61. The first-order valence-electron chi connectivity index (χ1n) is 11.5. The number of fused-ring (bicyclic) bond motifs is 2. The van der Waals surface area contributed by atoms with Crippen molar-refractivity contribution in [2.24, 2.45) is 0 Å². The monoisotopic (exact) mass is 413 g/mol. The van der Waals surface area contributed by atoms with E-state index in [0.29, 0.717) is 12.8 Å². The van der Waals surface area contributed by atoms with Crippen LogP contribution < -0.4 is 19.3 Å². The molecule has 4 rings (SSSR count). The molecule has 0 bridgehead atoms. The van der Waals surface area contributed by atoms with Crippen molar-refractivity contribution in [2.45, 2.75) is 86.9 Å². The number of pyridine rings is 1. The van der Waals surface area contributed by atoms with E-state index >= 15 is 0 Å². The zero-order valence-electron chi connectivity index (χ0n) is 20.0. The summed E-state index contributed by atoms with van der Waals surface area (Å²) in [5.41, 5.74) is 3.57. The summed E-state index contributed by atoms with van der Waals surface area (Å²) in [4.78, 5) is 9.41. The Morgan fingerprint density at radius 1 is 1.03 bits per heavy atom. The molecule has 3 heterocycles. The highest BCUT2D eigenvalue weighted by atomic mass is 16.7. The summed E-state index contributed by atoms with van der Waals surface area (Å²) >= 11 is 0. The smallest absolute Gasteiger partial charge is 0.231 e. The van der Waals surface area contributed by atoms with Gasteiger partial charge in [-0.15, -0.1) is 0 Å². The molecular formula is C25H39N3O2. The van der Waals surface area contributed by atoms with Crippen LogP contribution in [0.4, 0.5) is 17.2 Å². The van der Waals surface area contributed by atoms with E-state index in [9.17, 15) is 0 Å². The summed E-state index contributed by atoms with van der Waals surface area (Å²) in [6.07, 6.45) is 5.63. The SMILES string of the molecule is CC.CCCC.CCc1cc2c(cc1N1c3ncccc3N(C(C)C)C1C)OCO2. The minimum absolute atomic E-state index is 0.195. The number of rotatable bonds is 4. The number of hydrogen-bond acceptors (Lipinski definition) is 5. The molecule has 0 saturated heterocycles. The van der Waals surface area contributed by atoms with Gasteiger partial charge in [0.25, 0.3) is 0 Å². The van der Waals surface area contributed by atoms with Gasteiger partial charge in [-0.25, -0.2) is 4.98 Å². The van der Waals surface area contributed by atoms with Crippen LogP contribution in [0.5, 0.6) is 11.5 Å². The molecule has 0 N–H and O–H groups in total. The quantitative estimate of drug-likeness (QED) is 0.544. The number of hydrogen-bond donors (Lipinski definition) is 0. The minimum Gasteiger partial charge on any atom is -0.454 e. The van der Waals surface area contributed by atoms with Gasteiger partial charge in [0, 0.05) is 18.3 Å². The van der Waals surface area contributed by atoms with Crippen LogP contribution in [0.25, 0.3) is 0 Å². The lowest BCUT2D eigenvalue weighted by atomic mass is 10.1. The summed E-state index contributed by atoms with van der Waals surface area (Å²) in [6.45, 7) is 17.5. The number of anilines is 3. The third-order valence-electron chi connectivity index (χ3n) is 5.32. The lowest BCUT2D eigenvalue weighted by Crippen LogP contribution is -2.42. The van der Waals surface area contributed by atoms with Crippen molar-refractivity contribution >= 4 is 17.2 Å². The van der Waals surface area contributed by atoms with Gasteiger partial charge in [0.15, 0.2) is 17.3 Å². The Morgan fingerprint density at radius 3 is 2.23 bits per heavy atom. The molecule has 0 radical (unpaired) electrons. The molecule has 2 aromatic rings. The summed E-state index contributed by atoms with van der Waals surface area (Å²) in [5, 5.41) is 0. The topological polar surface area (TPSA) is 37.8 Å². The highest BCUT2D eigenvalue weighted by Gasteiger charge is 2.37. The van der Waals surface area contributed by atoms with Crippen LogP contribution in [-0.2, 0) is 6.42 Å². The van der Waals surface area contributed by atoms with Gasteiger partial charge < -0.3 is 19.3 Å². The standard InChI is InChI=1S/C19H23N3O2.C4H10.C2H6/c1-5-14-9-17-18(24-11-23-17)10-16(14)22-13(4)21(12(2)3)15-7-6-8-20-19(15)22;1-3-4-2;1-2/h6-10,12-13H,5,11H2,1-4H3;3-4H2,1-2H3;1-2H3. The molecule has 0 fully saturated rings. The van der Waals surface area contributed by atoms with E-state index in [1.807, 2.05) is 26.1 Å². The van der Waals surface area contributed by atoms with Crippen molar-refractivity contribution in [1.82, 2.24) is 4.98 Å². The fourth-order valence-electron chi connectivity index (χ4n) is 3.78. The molecule has 0 amide bonds. The average Bonchev–Trinajstić information content (AvgIpc) is 3.34. The van der Waals surface area contributed by atoms with Crippen LogP contribution in [0.15, 0.2) is 30.5 Å². The second-order valence-electron chi connectivity index (χ2n) is 7.54. The van der Waals surface area contributed by atoms with Crippen molar-refractivity contribution in [3.05, 3.63) is 36.0 Å². The van der Waals surface area contributed by atoms with Gasteiger partial charge in [0.05, 0.1) is 11.4 Å². The van der Waals surface area contributed by atoms with Crippen molar-refractivity contribution in [2.75, 3.05) is 16.6 Å². The molecule has 1 atom stereocenters. The third-order valence-corrected chi connectivity index (χ3v) is 5.32. The van der Waals surface area contributed by atoms with Gasteiger partial charge in [-0.1, -0.05) is 47.5 Å². The minimum atomic E-state index is 0.195. The molecule has 5 heteroatoms. The molecule has 166 valence electrons. The molecule has 2 aliphatic heterocycles. The Labute approximate surface area is 183 Å². The van der Waals surface area contributed by atoms with Crippen molar-refractivity contribution in [1.29, 1.82) is 0 Å². The van der Waals surface area contributed by atoms with E-state index in [1.165, 1.54) is 24.1 Å². The lowest BCUT2D eigenvalue weighted by molar-refractivity contribution is 0.174. The predicted molar refractivity (Wildman–Crippen MR) is 127 cm³/mol. The fraction of sp³-hybridized carbons (Fsp3) is 0.560. The molecule has 0 saturated carbocycles. The first kappa shape index (κ1) is 23.8. The number of ether oxygens (including phenoxy) is 2. The fourth-order valence-corrected chi connectivity index (χ4v) is 3.78. The summed E-state index contributed by atoms with van der Waals surface area (Å²) < 4.78 is 11.2. The van der Waals surface area contributed by atoms with Gasteiger partial charge >= 0.3 is 0 Å².